The molecule has 1 rings (SSSR count). The number of rotatable bonds is 7. The lowest BCUT2D eigenvalue weighted by Gasteiger charge is -2.09. The summed E-state index contributed by atoms with van der Waals surface area (Å²) >= 11 is 11.8. The quantitative estimate of drug-likeness (QED) is 0.677. The van der Waals surface area contributed by atoms with E-state index in [0.29, 0.717) is 22.3 Å². The molecule has 0 unspecified atom stereocenters. The maximum Gasteiger partial charge on any atom is 0.319 e. The first-order chi connectivity index (χ1) is 9.13. The van der Waals surface area contributed by atoms with Gasteiger partial charge in [0.25, 0.3) is 0 Å². The van der Waals surface area contributed by atoms with Crippen LogP contribution in [0.15, 0.2) is 18.2 Å². The van der Waals surface area contributed by atoms with Crippen molar-refractivity contribution in [2.75, 3.05) is 11.9 Å². The van der Waals surface area contributed by atoms with Crippen molar-refractivity contribution in [3.8, 4) is 0 Å². The Bertz CT molecular complexity index is 410. The molecule has 106 valence electrons. The number of urea groups is 1. The zero-order valence-electron chi connectivity index (χ0n) is 11.1. The van der Waals surface area contributed by atoms with E-state index in [9.17, 15) is 4.79 Å². The monoisotopic (exact) mass is 302 g/mol. The maximum atomic E-state index is 11.6. The van der Waals surface area contributed by atoms with Crippen molar-refractivity contribution in [3.63, 3.8) is 0 Å². The van der Waals surface area contributed by atoms with E-state index in [0.717, 1.165) is 12.8 Å². The third kappa shape index (κ3) is 6.69. The van der Waals surface area contributed by atoms with Gasteiger partial charge in [-0.25, -0.2) is 4.79 Å². The van der Waals surface area contributed by atoms with E-state index >= 15 is 0 Å². The van der Waals surface area contributed by atoms with Gasteiger partial charge in [-0.05, 0) is 24.6 Å². The topological polar surface area (TPSA) is 41.1 Å². The highest BCUT2D eigenvalue weighted by Gasteiger charge is 2.05. The number of amides is 2. The minimum Gasteiger partial charge on any atom is -0.338 e. The van der Waals surface area contributed by atoms with E-state index in [-0.39, 0.29) is 6.03 Å². The first kappa shape index (κ1) is 16.1. The van der Waals surface area contributed by atoms with E-state index in [2.05, 4.69) is 17.6 Å². The molecule has 0 atom stereocenters. The Labute approximate surface area is 124 Å². The van der Waals surface area contributed by atoms with E-state index in [1.165, 1.54) is 19.3 Å². The highest BCUT2D eigenvalue weighted by molar-refractivity contribution is 6.35. The van der Waals surface area contributed by atoms with Crippen LogP contribution in [0.2, 0.25) is 10.0 Å². The van der Waals surface area contributed by atoms with E-state index < -0.39 is 0 Å². The number of nitrogens with one attached hydrogen (secondary N) is 2. The SMILES string of the molecule is CCCCCCCNC(=O)Nc1cc(Cl)ccc1Cl. The van der Waals surface area contributed by atoms with Gasteiger partial charge in [0.15, 0.2) is 0 Å². The lowest BCUT2D eigenvalue weighted by atomic mass is 10.1. The predicted octanol–water partition coefficient (Wildman–Crippen LogP) is 5.09. The normalized spacial score (nSPS) is 10.3. The first-order valence-electron chi connectivity index (χ1n) is 6.63. The summed E-state index contributed by atoms with van der Waals surface area (Å²) in [5.74, 6) is 0. The van der Waals surface area contributed by atoms with Crippen LogP contribution in [-0.2, 0) is 0 Å². The Kier molecular flexibility index (Phi) is 7.68. The van der Waals surface area contributed by atoms with Crippen LogP contribution in [0.5, 0.6) is 0 Å². The van der Waals surface area contributed by atoms with Crippen LogP contribution in [0.4, 0.5) is 10.5 Å². The van der Waals surface area contributed by atoms with Gasteiger partial charge < -0.3 is 10.6 Å². The average molecular weight is 303 g/mol. The van der Waals surface area contributed by atoms with Crippen molar-refractivity contribution >= 4 is 34.9 Å². The van der Waals surface area contributed by atoms with Gasteiger partial charge in [0.05, 0.1) is 10.7 Å². The third-order valence-electron chi connectivity index (χ3n) is 2.74. The number of halogens is 2. The molecule has 0 heterocycles. The molecule has 2 N–H and O–H groups in total. The van der Waals surface area contributed by atoms with Crippen LogP contribution in [0.3, 0.4) is 0 Å². The van der Waals surface area contributed by atoms with Gasteiger partial charge in [-0.3, -0.25) is 0 Å². The summed E-state index contributed by atoms with van der Waals surface area (Å²) in [5.41, 5.74) is 0.526. The minimum absolute atomic E-state index is 0.250. The second-order valence-electron chi connectivity index (χ2n) is 4.42. The number of carbonyl (C=O) groups excluding carboxylic acids is 1. The summed E-state index contributed by atoms with van der Waals surface area (Å²) in [6.07, 6.45) is 5.84. The molecule has 0 aliphatic carbocycles. The van der Waals surface area contributed by atoms with E-state index in [4.69, 9.17) is 23.2 Å². The lowest BCUT2D eigenvalue weighted by Crippen LogP contribution is -2.29. The molecular formula is C14H20Cl2N2O. The van der Waals surface area contributed by atoms with Crippen LogP contribution >= 0.6 is 23.2 Å². The van der Waals surface area contributed by atoms with E-state index in [1.54, 1.807) is 18.2 Å². The molecule has 0 aromatic heterocycles. The predicted molar refractivity (Wildman–Crippen MR) is 82.2 cm³/mol. The minimum atomic E-state index is -0.250. The number of anilines is 1. The lowest BCUT2D eigenvalue weighted by molar-refractivity contribution is 0.252. The summed E-state index contributed by atoms with van der Waals surface area (Å²) in [5, 5.41) is 6.51. The van der Waals surface area contributed by atoms with Crippen molar-refractivity contribution < 1.29 is 4.79 Å². The number of benzene rings is 1. The van der Waals surface area contributed by atoms with Gasteiger partial charge in [0.1, 0.15) is 0 Å². The van der Waals surface area contributed by atoms with Crippen molar-refractivity contribution in [2.24, 2.45) is 0 Å². The Morgan fingerprint density at radius 1 is 1.16 bits per heavy atom. The molecule has 0 fully saturated rings. The van der Waals surface area contributed by atoms with Crippen molar-refractivity contribution in [3.05, 3.63) is 28.2 Å². The maximum absolute atomic E-state index is 11.6. The highest BCUT2D eigenvalue weighted by Crippen LogP contribution is 2.25. The third-order valence-corrected chi connectivity index (χ3v) is 3.31. The molecule has 0 saturated heterocycles. The number of unbranched alkanes of at least 4 members (excludes halogenated alkanes) is 4. The van der Waals surface area contributed by atoms with Crippen LogP contribution in [0.1, 0.15) is 39.0 Å². The fraction of sp³-hybridized carbons (Fsp3) is 0.500. The van der Waals surface area contributed by atoms with Crippen LogP contribution in [0, 0.1) is 0 Å². The van der Waals surface area contributed by atoms with E-state index in [1.807, 2.05) is 0 Å². The van der Waals surface area contributed by atoms with Gasteiger partial charge in [-0.15, -0.1) is 0 Å². The summed E-state index contributed by atoms with van der Waals surface area (Å²) in [7, 11) is 0. The van der Waals surface area contributed by atoms with Crippen LogP contribution in [0.25, 0.3) is 0 Å². The molecule has 0 aliphatic heterocycles. The molecule has 0 saturated carbocycles. The molecule has 0 spiro atoms. The van der Waals surface area contributed by atoms with Gasteiger partial charge in [0, 0.05) is 11.6 Å². The second-order valence-corrected chi connectivity index (χ2v) is 5.26. The van der Waals surface area contributed by atoms with Crippen molar-refractivity contribution in [1.82, 2.24) is 5.32 Å². The molecule has 0 bridgehead atoms. The van der Waals surface area contributed by atoms with Crippen LogP contribution < -0.4 is 10.6 Å². The number of hydrogen-bond donors (Lipinski definition) is 2. The highest BCUT2D eigenvalue weighted by atomic mass is 35.5. The Morgan fingerprint density at radius 2 is 1.89 bits per heavy atom. The Hall–Kier alpha value is -0.930. The molecule has 3 nitrogen and oxygen atoms in total. The van der Waals surface area contributed by atoms with Gasteiger partial charge in [-0.1, -0.05) is 55.8 Å². The smallest absolute Gasteiger partial charge is 0.319 e. The van der Waals surface area contributed by atoms with Gasteiger partial charge >= 0.3 is 6.03 Å². The molecule has 1 aromatic rings. The molecular weight excluding hydrogens is 283 g/mol. The van der Waals surface area contributed by atoms with Crippen LogP contribution in [-0.4, -0.2) is 12.6 Å². The van der Waals surface area contributed by atoms with Gasteiger partial charge in [-0.2, -0.15) is 0 Å². The van der Waals surface area contributed by atoms with Gasteiger partial charge in [0.2, 0.25) is 0 Å². The first-order valence-corrected chi connectivity index (χ1v) is 7.39. The summed E-state index contributed by atoms with van der Waals surface area (Å²) < 4.78 is 0. The number of hydrogen-bond acceptors (Lipinski definition) is 1. The summed E-state index contributed by atoms with van der Waals surface area (Å²) in [6.45, 7) is 2.86. The average Bonchev–Trinajstić information content (AvgIpc) is 2.38. The fourth-order valence-electron chi connectivity index (χ4n) is 1.69. The zero-order valence-corrected chi connectivity index (χ0v) is 12.7. The molecule has 19 heavy (non-hydrogen) atoms. The Balaban J connectivity index is 2.25. The fourth-order valence-corrected chi connectivity index (χ4v) is 2.03. The Morgan fingerprint density at radius 3 is 2.63 bits per heavy atom. The largest absolute Gasteiger partial charge is 0.338 e. The molecule has 2 amide bonds. The molecule has 0 radical (unpaired) electrons. The molecule has 5 heteroatoms. The van der Waals surface area contributed by atoms with Crippen molar-refractivity contribution in [2.45, 2.75) is 39.0 Å². The summed E-state index contributed by atoms with van der Waals surface area (Å²) in [4.78, 5) is 11.6. The summed E-state index contributed by atoms with van der Waals surface area (Å²) in [6, 6.07) is 4.72. The number of carbonyl (C=O) groups is 1. The standard InChI is InChI=1S/C14H20Cl2N2O/c1-2-3-4-5-6-9-17-14(19)18-13-10-11(15)7-8-12(13)16/h7-8,10H,2-6,9H2,1H3,(H2,17,18,19). The second kappa shape index (κ2) is 9.05. The zero-order chi connectivity index (χ0) is 14.1. The molecule has 0 aliphatic rings. The molecule has 1 aromatic carbocycles. The van der Waals surface area contributed by atoms with Crippen molar-refractivity contribution in [1.29, 1.82) is 0 Å².